The molecule has 2 aromatic carbocycles. The summed E-state index contributed by atoms with van der Waals surface area (Å²) in [6.45, 7) is 0.281. The van der Waals surface area contributed by atoms with E-state index in [-0.39, 0.29) is 18.9 Å². The molecule has 160 valence electrons. The molecule has 0 aliphatic carbocycles. The SMILES string of the molecule is CSCC[C@H](N)C(=O)N[C@@H](Cc1cccc2ccccc12)C(=O)N[C@H]1CCOC1=O. The van der Waals surface area contributed by atoms with E-state index < -0.39 is 30.0 Å². The maximum atomic E-state index is 13.0. The number of amides is 2. The fourth-order valence-electron chi connectivity index (χ4n) is 3.45. The van der Waals surface area contributed by atoms with Gasteiger partial charge in [0.1, 0.15) is 12.1 Å². The highest BCUT2D eigenvalue weighted by molar-refractivity contribution is 7.98. The highest BCUT2D eigenvalue weighted by Gasteiger charge is 2.32. The summed E-state index contributed by atoms with van der Waals surface area (Å²) in [5, 5.41) is 7.57. The summed E-state index contributed by atoms with van der Waals surface area (Å²) in [7, 11) is 0. The zero-order chi connectivity index (χ0) is 21.5. The van der Waals surface area contributed by atoms with Crippen LogP contribution in [-0.2, 0) is 25.5 Å². The number of cyclic esters (lactones) is 1. The van der Waals surface area contributed by atoms with Gasteiger partial charge >= 0.3 is 5.97 Å². The number of hydrogen-bond donors (Lipinski definition) is 3. The lowest BCUT2D eigenvalue weighted by Gasteiger charge is -2.22. The Morgan fingerprint density at radius 2 is 1.97 bits per heavy atom. The molecule has 2 amide bonds. The lowest BCUT2D eigenvalue weighted by Crippen LogP contribution is -2.54. The van der Waals surface area contributed by atoms with Crippen LogP contribution in [0.25, 0.3) is 10.8 Å². The van der Waals surface area contributed by atoms with Gasteiger partial charge in [-0.2, -0.15) is 11.8 Å². The number of benzene rings is 2. The average molecular weight is 430 g/mol. The number of nitrogens with two attached hydrogens (primary N) is 1. The van der Waals surface area contributed by atoms with Crippen LogP contribution >= 0.6 is 11.8 Å². The summed E-state index contributed by atoms with van der Waals surface area (Å²) in [6, 6.07) is 11.5. The Morgan fingerprint density at radius 3 is 2.70 bits per heavy atom. The zero-order valence-corrected chi connectivity index (χ0v) is 17.7. The van der Waals surface area contributed by atoms with Gasteiger partial charge in [-0.25, -0.2) is 4.79 Å². The molecule has 1 fully saturated rings. The molecule has 2 aromatic rings. The Bertz CT molecular complexity index is 915. The Morgan fingerprint density at radius 1 is 1.20 bits per heavy atom. The van der Waals surface area contributed by atoms with Crippen molar-refractivity contribution in [2.45, 2.75) is 37.4 Å². The summed E-state index contributed by atoms with van der Waals surface area (Å²) in [6.07, 6.45) is 3.18. The molecule has 4 N–H and O–H groups in total. The first kappa shape index (κ1) is 22.1. The number of nitrogens with one attached hydrogen (secondary N) is 2. The summed E-state index contributed by atoms with van der Waals surface area (Å²) in [5.74, 6) is -0.492. The van der Waals surface area contributed by atoms with Crippen molar-refractivity contribution in [1.82, 2.24) is 10.6 Å². The van der Waals surface area contributed by atoms with Gasteiger partial charge in [-0.05, 0) is 34.8 Å². The second-order valence-corrected chi connectivity index (χ2v) is 8.29. The van der Waals surface area contributed by atoms with Crippen molar-refractivity contribution in [1.29, 1.82) is 0 Å². The number of carbonyl (C=O) groups is 3. The third-order valence-corrected chi connectivity index (χ3v) is 5.80. The molecule has 3 atom stereocenters. The van der Waals surface area contributed by atoms with Gasteiger partial charge < -0.3 is 21.1 Å². The topological polar surface area (TPSA) is 111 Å². The first-order valence-corrected chi connectivity index (χ1v) is 11.4. The van der Waals surface area contributed by atoms with Crippen LogP contribution in [-0.4, -0.2) is 54.5 Å². The second-order valence-electron chi connectivity index (χ2n) is 7.31. The molecule has 30 heavy (non-hydrogen) atoms. The molecule has 0 aromatic heterocycles. The molecule has 0 bridgehead atoms. The van der Waals surface area contributed by atoms with Gasteiger partial charge in [0, 0.05) is 12.8 Å². The second kappa shape index (κ2) is 10.4. The molecule has 1 aliphatic heterocycles. The molecule has 3 rings (SSSR count). The summed E-state index contributed by atoms with van der Waals surface area (Å²) < 4.78 is 4.92. The first-order valence-electron chi connectivity index (χ1n) is 9.98. The van der Waals surface area contributed by atoms with Crippen molar-refractivity contribution in [3.8, 4) is 0 Å². The maximum absolute atomic E-state index is 13.0. The number of fused-ring (bicyclic) bond motifs is 1. The number of esters is 1. The number of rotatable bonds is 9. The van der Waals surface area contributed by atoms with E-state index in [1.165, 1.54) is 0 Å². The fourth-order valence-corrected chi connectivity index (χ4v) is 3.94. The zero-order valence-electron chi connectivity index (χ0n) is 16.9. The van der Waals surface area contributed by atoms with E-state index in [2.05, 4.69) is 10.6 Å². The normalized spacial score (nSPS) is 17.9. The van der Waals surface area contributed by atoms with E-state index in [9.17, 15) is 14.4 Å². The first-order chi connectivity index (χ1) is 14.5. The number of hydrogen-bond acceptors (Lipinski definition) is 6. The molecular weight excluding hydrogens is 402 g/mol. The third-order valence-electron chi connectivity index (χ3n) is 5.16. The van der Waals surface area contributed by atoms with Gasteiger partial charge in [0.25, 0.3) is 0 Å². The Balaban J connectivity index is 1.79. The van der Waals surface area contributed by atoms with E-state index in [1.54, 1.807) is 11.8 Å². The lowest BCUT2D eigenvalue weighted by atomic mass is 9.98. The minimum atomic E-state index is -0.850. The van der Waals surface area contributed by atoms with Crippen LogP contribution in [0.1, 0.15) is 18.4 Å². The van der Waals surface area contributed by atoms with E-state index in [0.717, 1.165) is 22.1 Å². The molecule has 8 heteroatoms. The molecule has 0 spiro atoms. The number of ether oxygens (including phenoxy) is 1. The quantitative estimate of drug-likeness (QED) is 0.520. The van der Waals surface area contributed by atoms with Gasteiger partial charge in [0.15, 0.2) is 0 Å². The van der Waals surface area contributed by atoms with Crippen LogP contribution in [0.15, 0.2) is 42.5 Å². The van der Waals surface area contributed by atoms with Crippen LogP contribution in [0.3, 0.4) is 0 Å². The van der Waals surface area contributed by atoms with Crippen molar-refractivity contribution in [2.75, 3.05) is 18.6 Å². The Kier molecular flexibility index (Phi) is 7.70. The third kappa shape index (κ3) is 5.52. The predicted octanol–water partition coefficient (Wildman–Crippen LogP) is 1.38. The number of carbonyl (C=O) groups excluding carboxylic acids is 3. The highest BCUT2D eigenvalue weighted by Crippen LogP contribution is 2.20. The van der Waals surface area contributed by atoms with Gasteiger partial charge in [-0.15, -0.1) is 0 Å². The number of thioether (sulfide) groups is 1. The van der Waals surface area contributed by atoms with E-state index in [4.69, 9.17) is 10.5 Å². The summed E-state index contributed by atoms with van der Waals surface area (Å²) in [5.41, 5.74) is 6.92. The van der Waals surface area contributed by atoms with Crippen molar-refractivity contribution < 1.29 is 19.1 Å². The molecule has 1 saturated heterocycles. The van der Waals surface area contributed by atoms with Crippen LogP contribution in [0.4, 0.5) is 0 Å². The molecule has 7 nitrogen and oxygen atoms in total. The van der Waals surface area contributed by atoms with Gasteiger partial charge in [0.2, 0.25) is 11.8 Å². The molecular formula is C22H27N3O4S. The monoisotopic (exact) mass is 429 g/mol. The largest absolute Gasteiger partial charge is 0.464 e. The maximum Gasteiger partial charge on any atom is 0.328 e. The molecule has 1 aliphatic rings. The molecule has 0 unspecified atom stereocenters. The van der Waals surface area contributed by atoms with Crippen LogP contribution in [0.5, 0.6) is 0 Å². The standard InChI is InChI=1S/C22H27N3O4S/c1-30-12-10-17(23)20(26)25-19(21(27)24-18-9-11-29-22(18)28)13-15-7-4-6-14-5-2-3-8-16(14)15/h2-8,17-19H,9-13,23H2,1H3,(H,24,27)(H,25,26)/t17-,18-,19-/m0/s1. The Hall–Kier alpha value is -2.58. The predicted molar refractivity (Wildman–Crippen MR) is 118 cm³/mol. The van der Waals surface area contributed by atoms with Gasteiger partial charge in [-0.1, -0.05) is 42.5 Å². The van der Waals surface area contributed by atoms with Crippen molar-refractivity contribution >= 4 is 40.3 Å². The van der Waals surface area contributed by atoms with Crippen LogP contribution in [0, 0.1) is 0 Å². The van der Waals surface area contributed by atoms with Crippen LogP contribution in [0.2, 0.25) is 0 Å². The molecule has 1 heterocycles. The Labute approximate surface area is 180 Å². The van der Waals surface area contributed by atoms with E-state index >= 15 is 0 Å². The van der Waals surface area contributed by atoms with Gasteiger partial charge in [0.05, 0.1) is 12.6 Å². The van der Waals surface area contributed by atoms with Gasteiger partial charge in [-0.3, -0.25) is 9.59 Å². The highest BCUT2D eigenvalue weighted by atomic mass is 32.2. The minimum Gasteiger partial charge on any atom is -0.464 e. The molecule has 0 saturated carbocycles. The lowest BCUT2D eigenvalue weighted by molar-refractivity contribution is -0.141. The molecule has 0 radical (unpaired) electrons. The van der Waals surface area contributed by atoms with Crippen molar-refractivity contribution in [3.05, 3.63) is 48.0 Å². The summed E-state index contributed by atoms with van der Waals surface area (Å²) in [4.78, 5) is 37.3. The summed E-state index contributed by atoms with van der Waals surface area (Å²) >= 11 is 1.61. The van der Waals surface area contributed by atoms with Crippen LogP contribution < -0.4 is 16.4 Å². The average Bonchev–Trinajstić information content (AvgIpc) is 3.15. The fraction of sp³-hybridized carbons (Fsp3) is 0.409. The van der Waals surface area contributed by atoms with E-state index in [0.29, 0.717) is 12.8 Å². The minimum absolute atomic E-state index is 0.281. The smallest absolute Gasteiger partial charge is 0.328 e. The van der Waals surface area contributed by atoms with Crippen molar-refractivity contribution in [2.24, 2.45) is 5.73 Å². The van der Waals surface area contributed by atoms with Crippen molar-refractivity contribution in [3.63, 3.8) is 0 Å². The van der Waals surface area contributed by atoms with E-state index in [1.807, 2.05) is 48.7 Å².